The topological polar surface area (TPSA) is 21.6 Å². The summed E-state index contributed by atoms with van der Waals surface area (Å²) in [6.07, 6.45) is 0. The normalized spacial score (nSPS) is 15.4. The van der Waals surface area contributed by atoms with Gasteiger partial charge in [0.15, 0.2) is 0 Å². The molecule has 2 rings (SSSR count). The van der Waals surface area contributed by atoms with E-state index in [0.717, 1.165) is 17.7 Å². The van der Waals surface area contributed by atoms with Crippen LogP contribution in [0.5, 0.6) is 0 Å². The fraction of sp³-hybridized carbons (Fsp3) is 0.300. The molecule has 0 aliphatic carbocycles. The predicted octanol–water partition coefficient (Wildman–Crippen LogP) is 2.43. The summed E-state index contributed by atoms with van der Waals surface area (Å²) < 4.78 is 5.37. The lowest BCUT2D eigenvalue weighted by molar-refractivity contribution is 0.348. The lowest BCUT2D eigenvalue weighted by atomic mass is 10.1. The zero-order valence-corrected chi connectivity index (χ0v) is 8.14. The van der Waals surface area contributed by atoms with Gasteiger partial charge in [-0.25, -0.2) is 4.99 Å². The Kier molecular flexibility index (Phi) is 2.23. The quantitative estimate of drug-likeness (QED) is 0.675. The summed E-state index contributed by atoms with van der Waals surface area (Å²) in [6.45, 7) is 3.41. The number of aliphatic imine (C=N–C) groups is 1. The minimum Gasteiger partial charge on any atom is -0.475 e. The molecule has 0 spiro atoms. The number of hydrogen-bond acceptors (Lipinski definition) is 2. The fourth-order valence-electron chi connectivity index (χ4n) is 1.39. The molecule has 1 aromatic carbocycles. The molecule has 0 aromatic heterocycles. The smallest absolute Gasteiger partial charge is 0.218 e. The Morgan fingerprint density at radius 2 is 2.31 bits per heavy atom. The molecule has 2 nitrogen and oxygen atoms in total. The van der Waals surface area contributed by atoms with Crippen molar-refractivity contribution >= 4 is 17.5 Å². The average molecular weight is 196 g/mol. The molecule has 1 heterocycles. The van der Waals surface area contributed by atoms with Crippen LogP contribution in [0.4, 0.5) is 0 Å². The Hall–Kier alpha value is -1.02. The van der Waals surface area contributed by atoms with Gasteiger partial charge in [0.25, 0.3) is 0 Å². The fourth-order valence-corrected chi connectivity index (χ4v) is 1.69. The third-order valence-electron chi connectivity index (χ3n) is 2.02. The standard InChI is InChI=1S/C10H10ClNO/c1-7-3-2-4-8(11)9(7)10-12-5-6-13-10/h2-4H,5-6H2,1H3. The van der Waals surface area contributed by atoms with Gasteiger partial charge >= 0.3 is 0 Å². The van der Waals surface area contributed by atoms with Crippen LogP contribution in [0, 0.1) is 6.92 Å². The van der Waals surface area contributed by atoms with E-state index >= 15 is 0 Å². The molecule has 68 valence electrons. The summed E-state index contributed by atoms with van der Waals surface area (Å²) in [5.41, 5.74) is 2.04. The van der Waals surface area contributed by atoms with Crippen LogP contribution in [0.15, 0.2) is 23.2 Å². The number of aryl methyl sites for hydroxylation is 1. The molecule has 1 aliphatic rings. The molecule has 0 saturated heterocycles. The highest BCUT2D eigenvalue weighted by atomic mass is 35.5. The van der Waals surface area contributed by atoms with Gasteiger partial charge in [-0.15, -0.1) is 0 Å². The maximum atomic E-state index is 6.05. The van der Waals surface area contributed by atoms with Crippen molar-refractivity contribution in [2.24, 2.45) is 4.99 Å². The van der Waals surface area contributed by atoms with Crippen molar-refractivity contribution in [3.63, 3.8) is 0 Å². The summed E-state index contributed by atoms with van der Waals surface area (Å²) in [7, 11) is 0. The summed E-state index contributed by atoms with van der Waals surface area (Å²) in [5.74, 6) is 0.683. The number of hydrogen-bond donors (Lipinski definition) is 0. The van der Waals surface area contributed by atoms with E-state index in [-0.39, 0.29) is 0 Å². The number of ether oxygens (including phenoxy) is 1. The predicted molar refractivity (Wildman–Crippen MR) is 53.5 cm³/mol. The lowest BCUT2D eigenvalue weighted by Gasteiger charge is -2.06. The molecular formula is C10H10ClNO. The van der Waals surface area contributed by atoms with Gasteiger partial charge in [0, 0.05) is 0 Å². The average Bonchev–Trinajstić information content (AvgIpc) is 2.57. The second-order valence-corrected chi connectivity index (χ2v) is 3.37. The van der Waals surface area contributed by atoms with E-state index in [1.807, 2.05) is 25.1 Å². The molecule has 0 N–H and O–H groups in total. The Morgan fingerprint density at radius 3 is 2.92 bits per heavy atom. The first kappa shape index (κ1) is 8.57. The summed E-state index contributed by atoms with van der Waals surface area (Å²) in [4.78, 5) is 4.24. The van der Waals surface area contributed by atoms with Crippen LogP contribution in [0.3, 0.4) is 0 Å². The van der Waals surface area contributed by atoms with E-state index in [4.69, 9.17) is 16.3 Å². The number of rotatable bonds is 1. The Morgan fingerprint density at radius 1 is 1.46 bits per heavy atom. The highest BCUT2D eigenvalue weighted by Crippen LogP contribution is 2.22. The Labute approximate surface area is 82.2 Å². The Bertz CT molecular complexity index is 340. The molecule has 1 aromatic rings. The summed E-state index contributed by atoms with van der Waals surface area (Å²) in [5, 5.41) is 0.709. The van der Waals surface area contributed by atoms with Crippen LogP contribution in [0.25, 0.3) is 0 Å². The minimum absolute atomic E-state index is 0.667. The SMILES string of the molecule is Cc1cccc(Cl)c1C1=NCCO1. The van der Waals surface area contributed by atoms with Crippen molar-refractivity contribution in [2.45, 2.75) is 6.92 Å². The van der Waals surface area contributed by atoms with E-state index in [1.165, 1.54) is 0 Å². The molecule has 0 radical (unpaired) electrons. The molecule has 0 atom stereocenters. The van der Waals surface area contributed by atoms with E-state index in [0.29, 0.717) is 17.5 Å². The molecule has 0 saturated carbocycles. The zero-order chi connectivity index (χ0) is 9.26. The van der Waals surface area contributed by atoms with Crippen molar-refractivity contribution in [3.05, 3.63) is 34.3 Å². The first-order valence-electron chi connectivity index (χ1n) is 4.22. The molecule has 1 aliphatic heterocycles. The lowest BCUT2D eigenvalue weighted by Crippen LogP contribution is -2.04. The van der Waals surface area contributed by atoms with Crippen molar-refractivity contribution in [3.8, 4) is 0 Å². The molecule has 3 heteroatoms. The van der Waals surface area contributed by atoms with Crippen LogP contribution in [0.2, 0.25) is 5.02 Å². The largest absolute Gasteiger partial charge is 0.475 e. The third-order valence-corrected chi connectivity index (χ3v) is 2.34. The van der Waals surface area contributed by atoms with Crippen LogP contribution in [0.1, 0.15) is 11.1 Å². The van der Waals surface area contributed by atoms with Gasteiger partial charge in [-0.3, -0.25) is 0 Å². The van der Waals surface area contributed by atoms with E-state index in [2.05, 4.69) is 4.99 Å². The molecule has 0 bridgehead atoms. The number of benzene rings is 1. The van der Waals surface area contributed by atoms with Crippen molar-refractivity contribution in [2.75, 3.05) is 13.2 Å². The number of halogens is 1. The maximum absolute atomic E-state index is 6.05. The maximum Gasteiger partial charge on any atom is 0.218 e. The second kappa shape index (κ2) is 3.38. The Balaban J connectivity index is 2.49. The zero-order valence-electron chi connectivity index (χ0n) is 7.38. The minimum atomic E-state index is 0.667. The van der Waals surface area contributed by atoms with Gasteiger partial charge in [-0.05, 0) is 18.6 Å². The van der Waals surface area contributed by atoms with E-state index in [1.54, 1.807) is 0 Å². The van der Waals surface area contributed by atoms with Crippen LogP contribution >= 0.6 is 11.6 Å². The van der Waals surface area contributed by atoms with Crippen molar-refractivity contribution in [1.29, 1.82) is 0 Å². The first-order valence-corrected chi connectivity index (χ1v) is 4.59. The van der Waals surface area contributed by atoms with E-state index in [9.17, 15) is 0 Å². The van der Waals surface area contributed by atoms with Gasteiger partial charge in [0.2, 0.25) is 5.90 Å². The summed E-state index contributed by atoms with van der Waals surface area (Å²) >= 11 is 6.05. The molecule has 0 amide bonds. The van der Waals surface area contributed by atoms with Gasteiger partial charge < -0.3 is 4.74 Å². The van der Waals surface area contributed by atoms with Crippen LogP contribution in [-0.4, -0.2) is 19.0 Å². The van der Waals surface area contributed by atoms with Crippen molar-refractivity contribution < 1.29 is 4.74 Å². The van der Waals surface area contributed by atoms with Crippen molar-refractivity contribution in [1.82, 2.24) is 0 Å². The summed E-state index contributed by atoms with van der Waals surface area (Å²) in [6, 6.07) is 5.79. The van der Waals surface area contributed by atoms with Gasteiger partial charge in [0.1, 0.15) is 6.61 Å². The highest BCUT2D eigenvalue weighted by molar-refractivity contribution is 6.34. The molecule has 0 fully saturated rings. The molecule has 13 heavy (non-hydrogen) atoms. The molecular weight excluding hydrogens is 186 g/mol. The van der Waals surface area contributed by atoms with Crippen LogP contribution in [-0.2, 0) is 4.74 Å². The van der Waals surface area contributed by atoms with Gasteiger partial charge in [-0.1, -0.05) is 23.7 Å². The van der Waals surface area contributed by atoms with E-state index < -0.39 is 0 Å². The second-order valence-electron chi connectivity index (χ2n) is 2.97. The number of nitrogens with zero attached hydrogens (tertiary/aromatic N) is 1. The molecule has 0 unspecified atom stereocenters. The highest BCUT2D eigenvalue weighted by Gasteiger charge is 2.15. The monoisotopic (exact) mass is 195 g/mol. The van der Waals surface area contributed by atoms with Gasteiger partial charge in [-0.2, -0.15) is 0 Å². The van der Waals surface area contributed by atoms with Crippen LogP contribution < -0.4 is 0 Å². The van der Waals surface area contributed by atoms with Gasteiger partial charge in [0.05, 0.1) is 17.1 Å². The first-order chi connectivity index (χ1) is 6.29. The third kappa shape index (κ3) is 1.54.